The van der Waals surface area contributed by atoms with E-state index in [4.69, 9.17) is 23.2 Å². The van der Waals surface area contributed by atoms with Crippen LogP contribution in [0.4, 0.5) is 0 Å². The quantitative estimate of drug-likeness (QED) is 0.745. The molecule has 0 amide bonds. The highest BCUT2D eigenvalue weighted by Crippen LogP contribution is 2.32. The van der Waals surface area contributed by atoms with Gasteiger partial charge in [0.15, 0.2) is 0 Å². The molecule has 1 aromatic heterocycles. The second kappa shape index (κ2) is 6.05. The third kappa shape index (κ3) is 2.87. The summed E-state index contributed by atoms with van der Waals surface area (Å²) >= 11 is 14.1. The van der Waals surface area contributed by atoms with Gasteiger partial charge in [0.05, 0.1) is 5.01 Å². The van der Waals surface area contributed by atoms with Gasteiger partial charge < -0.3 is 0 Å². The van der Waals surface area contributed by atoms with Crippen molar-refractivity contribution >= 4 is 34.5 Å². The molecule has 0 aliphatic carbocycles. The Labute approximate surface area is 122 Å². The lowest BCUT2D eigenvalue weighted by atomic mass is 9.81. The summed E-state index contributed by atoms with van der Waals surface area (Å²) < 4.78 is 0. The minimum absolute atomic E-state index is 0.228. The van der Waals surface area contributed by atoms with Gasteiger partial charge in [0.1, 0.15) is 0 Å². The molecule has 0 aliphatic heterocycles. The molecular formula is C14H15Cl2NS. The average Bonchev–Trinajstić information content (AvgIpc) is 2.82. The van der Waals surface area contributed by atoms with Crippen molar-refractivity contribution in [2.24, 2.45) is 0 Å². The van der Waals surface area contributed by atoms with Crippen molar-refractivity contribution in [1.82, 2.24) is 4.98 Å². The molecule has 0 N–H and O–H groups in total. The first-order chi connectivity index (χ1) is 8.70. The molecule has 0 atom stereocenters. The first-order valence-corrected chi connectivity index (χ1v) is 7.73. The molecule has 4 heteroatoms. The third-order valence-corrected chi connectivity index (χ3v) is 5.04. The van der Waals surface area contributed by atoms with Gasteiger partial charge in [-0.1, -0.05) is 30.3 Å². The fourth-order valence-electron chi connectivity index (χ4n) is 1.95. The lowest BCUT2D eigenvalue weighted by Gasteiger charge is -2.29. The SMILES string of the molecule is Cc1csc(CC(CCl)(CCl)c2ccccc2)n1. The van der Waals surface area contributed by atoms with Crippen molar-refractivity contribution in [2.75, 3.05) is 11.8 Å². The summed E-state index contributed by atoms with van der Waals surface area (Å²) in [7, 11) is 0. The van der Waals surface area contributed by atoms with E-state index in [2.05, 4.69) is 22.5 Å². The molecule has 0 fully saturated rings. The fraction of sp³-hybridized carbons (Fsp3) is 0.357. The highest BCUT2D eigenvalue weighted by atomic mass is 35.5. The monoisotopic (exact) mass is 299 g/mol. The fourth-order valence-corrected chi connectivity index (χ4v) is 3.65. The molecular weight excluding hydrogens is 285 g/mol. The summed E-state index contributed by atoms with van der Waals surface area (Å²) in [5, 5.41) is 3.16. The molecule has 0 spiro atoms. The topological polar surface area (TPSA) is 12.9 Å². The zero-order valence-electron chi connectivity index (χ0n) is 10.2. The first kappa shape index (κ1) is 13.9. The Morgan fingerprint density at radius 3 is 2.33 bits per heavy atom. The van der Waals surface area contributed by atoms with Crippen molar-refractivity contribution in [2.45, 2.75) is 18.8 Å². The van der Waals surface area contributed by atoms with Crippen LogP contribution in [0.1, 0.15) is 16.3 Å². The number of alkyl halides is 2. The van der Waals surface area contributed by atoms with Crippen molar-refractivity contribution in [3.63, 3.8) is 0 Å². The van der Waals surface area contributed by atoms with Crippen LogP contribution in [0.25, 0.3) is 0 Å². The largest absolute Gasteiger partial charge is 0.247 e. The molecule has 1 heterocycles. The number of benzene rings is 1. The van der Waals surface area contributed by atoms with Crippen molar-refractivity contribution < 1.29 is 0 Å². The third-order valence-electron chi connectivity index (χ3n) is 3.05. The summed E-state index contributed by atoms with van der Waals surface area (Å²) in [5.41, 5.74) is 2.01. The van der Waals surface area contributed by atoms with Crippen LogP contribution in [-0.4, -0.2) is 16.7 Å². The van der Waals surface area contributed by atoms with Crippen molar-refractivity contribution in [3.05, 3.63) is 52.0 Å². The van der Waals surface area contributed by atoms with Crippen LogP contribution in [-0.2, 0) is 11.8 Å². The van der Waals surface area contributed by atoms with Gasteiger partial charge in [-0.05, 0) is 12.5 Å². The standard InChI is InChI=1S/C14H15Cl2NS/c1-11-8-18-13(17-11)7-14(9-15,10-16)12-5-3-2-4-6-12/h2-6,8H,7,9-10H2,1H3. The maximum absolute atomic E-state index is 6.21. The second-order valence-corrected chi connectivity index (χ2v) is 5.95. The molecule has 2 rings (SSSR count). The highest BCUT2D eigenvalue weighted by molar-refractivity contribution is 7.09. The van der Waals surface area contributed by atoms with Crippen LogP contribution < -0.4 is 0 Å². The zero-order valence-corrected chi connectivity index (χ0v) is 12.5. The number of hydrogen-bond donors (Lipinski definition) is 0. The van der Waals surface area contributed by atoms with Crippen LogP contribution >= 0.6 is 34.5 Å². The van der Waals surface area contributed by atoms with E-state index in [0.717, 1.165) is 17.1 Å². The second-order valence-electron chi connectivity index (χ2n) is 4.47. The number of nitrogens with zero attached hydrogens (tertiary/aromatic N) is 1. The first-order valence-electron chi connectivity index (χ1n) is 5.79. The highest BCUT2D eigenvalue weighted by Gasteiger charge is 2.31. The van der Waals surface area contributed by atoms with Gasteiger partial charge in [-0.2, -0.15) is 0 Å². The van der Waals surface area contributed by atoms with Crippen molar-refractivity contribution in [3.8, 4) is 0 Å². The number of aryl methyl sites for hydroxylation is 1. The predicted molar refractivity (Wildman–Crippen MR) is 80.1 cm³/mol. The Bertz CT molecular complexity index is 492. The molecule has 1 aromatic carbocycles. The van der Waals surface area contributed by atoms with Crippen LogP contribution in [0.3, 0.4) is 0 Å². The minimum atomic E-state index is -0.228. The molecule has 0 aliphatic rings. The Balaban J connectivity index is 2.32. The summed E-state index contributed by atoms with van der Waals surface area (Å²) in [6, 6.07) is 10.2. The molecule has 2 aromatic rings. The van der Waals surface area contributed by atoms with Gasteiger partial charge in [-0.3, -0.25) is 0 Å². The maximum Gasteiger partial charge on any atom is 0.0937 e. The van der Waals surface area contributed by atoms with Crippen molar-refractivity contribution in [1.29, 1.82) is 0 Å². The van der Waals surface area contributed by atoms with Gasteiger partial charge in [0.25, 0.3) is 0 Å². The summed E-state index contributed by atoms with van der Waals surface area (Å²) in [6.45, 7) is 2.01. The lowest BCUT2D eigenvalue weighted by molar-refractivity contribution is 0.534. The van der Waals surface area contributed by atoms with E-state index in [1.165, 1.54) is 5.56 Å². The van der Waals surface area contributed by atoms with Crippen LogP contribution in [0, 0.1) is 6.92 Å². The van der Waals surface area contributed by atoms with Gasteiger partial charge in [-0.15, -0.1) is 34.5 Å². The molecule has 0 radical (unpaired) electrons. The lowest BCUT2D eigenvalue weighted by Crippen LogP contribution is -2.33. The number of thiazole rings is 1. The normalized spacial score (nSPS) is 11.7. The molecule has 96 valence electrons. The smallest absolute Gasteiger partial charge is 0.0937 e. The molecule has 0 saturated heterocycles. The number of aromatic nitrogens is 1. The summed E-state index contributed by atoms with van der Waals surface area (Å²) in [6.07, 6.45) is 0.794. The van der Waals surface area contributed by atoms with E-state index in [-0.39, 0.29) is 5.41 Å². The zero-order chi connectivity index (χ0) is 13.0. The van der Waals surface area contributed by atoms with E-state index < -0.39 is 0 Å². The van der Waals surface area contributed by atoms with E-state index in [0.29, 0.717) is 11.8 Å². The molecule has 0 bridgehead atoms. The van der Waals surface area contributed by atoms with E-state index in [9.17, 15) is 0 Å². The summed E-state index contributed by atoms with van der Waals surface area (Å²) in [5.74, 6) is 0.998. The van der Waals surface area contributed by atoms with E-state index in [1.54, 1.807) is 11.3 Å². The van der Waals surface area contributed by atoms with Crippen LogP contribution in [0.5, 0.6) is 0 Å². The molecule has 18 heavy (non-hydrogen) atoms. The number of halogens is 2. The Kier molecular flexibility index (Phi) is 4.66. The Morgan fingerprint density at radius 1 is 1.17 bits per heavy atom. The predicted octanol–water partition coefficient (Wildman–Crippen LogP) is 4.41. The minimum Gasteiger partial charge on any atom is -0.247 e. The van der Waals surface area contributed by atoms with Gasteiger partial charge in [0, 0.05) is 34.7 Å². The van der Waals surface area contributed by atoms with Gasteiger partial charge in [0.2, 0.25) is 0 Å². The Hall–Kier alpha value is -0.570. The molecule has 0 unspecified atom stereocenters. The molecule has 1 nitrogen and oxygen atoms in total. The van der Waals surface area contributed by atoms with Gasteiger partial charge >= 0.3 is 0 Å². The average molecular weight is 300 g/mol. The van der Waals surface area contributed by atoms with E-state index >= 15 is 0 Å². The number of hydrogen-bond acceptors (Lipinski definition) is 2. The van der Waals surface area contributed by atoms with E-state index in [1.807, 2.05) is 25.1 Å². The molecule has 0 saturated carbocycles. The number of rotatable bonds is 5. The van der Waals surface area contributed by atoms with Crippen LogP contribution in [0.2, 0.25) is 0 Å². The van der Waals surface area contributed by atoms with Gasteiger partial charge in [-0.25, -0.2) is 4.98 Å². The van der Waals surface area contributed by atoms with Crippen LogP contribution in [0.15, 0.2) is 35.7 Å². The maximum atomic E-state index is 6.21. The summed E-state index contributed by atoms with van der Waals surface area (Å²) in [4.78, 5) is 4.52. The Morgan fingerprint density at radius 2 is 1.83 bits per heavy atom.